The molecule has 2 N–H and O–H groups in total. The fourth-order valence-electron chi connectivity index (χ4n) is 2.03. The summed E-state index contributed by atoms with van der Waals surface area (Å²) in [6.45, 7) is 2.61. The van der Waals surface area contributed by atoms with E-state index in [1.807, 2.05) is 49.5 Å². The molecule has 0 unspecified atom stereocenters. The van der Waals surface area contributed by atoms with Gasteiger partial charge >= 0.3 is 0 Å². The average Bonchev–Trinajstić information content (AvgIpc) is 2.95. The van der Waals surface area contributed by atoms with Crippen LogP contribution in [0.3, 0.4) is 0 Å². The standard InChI is InChI=1S/C16H16N4/c1-12-6-5-9-15(19-12)18-11-16-17-10-14(20-16)13-7-3-2-4-8-13/h2-10H,11H2,1H3,(H,17,20)(H,18,19). The first-order valence-electron chi connectivity index (χ1n) is 6.58. The molecule has 0 bridgehead atoms. The minimum absolute atomic E-state index is 0.628. The number of imidazole rings is 1. The summed E-state index contributed by atoms with van der Waals surface area (Å²) in [5.74, 6) is 1.76. The van der Waals surface area contributed by atoms with Crippen LogP contribution >= 0.6 is 0 Å². The summed E-state index contributed by atoms with van der Waals surface area (Å²) in [6.07, 6.45) is 1.86. The summed E-state index contributed by atoms with van der Waals surface area (Å²) < 4.78 is 0. The van der Waals surface area contributed by atoms with Crippen LogP contribution in [-0.2, 0) is 6.54 Å². The van der Waals surface area contributed by atoms with Gasteiger partial charge in [-0.2, -0.15) is 0 Å². The van der Waals surface area contributed by atoms with E-state index >= 15 is 0 Å². The van der Waals surface area contributed by atoms with Crippen molar-refractivity contribution in [2.24, 2.45) is 0 Å². The molecule has 3 rings (SSSR count). The highest BCUT2D eigenvalue weighted by Crippen LogP contribution is 2.16. The Morgan fingerprint density at radius 2 is 1.90 bits per heavy atom. The monoisotopic (exact) mass is 264 g/mol. The minimum atomic E-state index is 0.628. The molecule has 4 nitrogen and oxygen atoms in total. The Balaban J connectivity index is 1.69. The van der Waals surface area contributed by atoms with Gasteiger partial charge in [-0.05, 0) is 24.6 Å². The van der Waals surface area contributed by atoms with E-state index in [2.05, 4.69) is 32.4 Å². The van der Waals surface area contributed by atoms with Gasteiger partial charge in [-0.25, -0.2) is 9.97 Å². The summed E-state index contributed by atoms with van der Waals surface area (Å²) in [6, 6.07) is 16.1. The lowest BCUT2D eigenvalue weighted by molar-refractivity contribution is 0.984. The number of hydrogen-bond donors (Lipinski definition) is 2. The average molecular weight is 264 g/mol. The van der Waals surface area contributed by atoms with Crippen molar-refractivity contribution in [3.8, 4) is 11.3 Å². The lowest BCUT2D eigenvalue weighted by Gasteiger charge is -2.04. The zero-order chi connectivity index (χ0) is 13.8. The molecule has 3 aromatic rings. The molecule has 20 heavy (non-hydrogen) atoms. The first-order valence-corrected chi connectivity index (χ1v) is 6.58. The van der Waals surface area contributed by atoms with Crippen molar-refractivity contribution in [3.05, 3.63) is 66.2 Å². The van der Waals surface area contributed by atoms with Gasteiger partial charge in [0, 0.05) is 5.69 Å². The maximum absolute atomic E-state index is 4.40. The molecule has 1 aromatic carbocycles. The minimum Gasteiger partial charge on any atom is -0.363 e. The van der Waals surface area contributed by atoms with Crippen LogP contribution in [0.4, 0.5) is 5.82 Å². The second-order valence-electron chi connectivity index (χ2n) is 4.63. The van der Waals surface area contributed by atoms with Gasteiger partial charge < -0.3 is 10.3 Å². The van der Waals surface area contributed by atoms with Crippen LogP contribution in [0.2, 0.25) is 0 Å². The largest absolute Gasteiger partial charge is 0.363 e. The molecular formula is C16H16N4. The summed E-state index contributed by atoms with van der Waals surface area (Å²) in [4.78, 5) is 12.1. The second-order valence-corrected chi connectivity index (χ2v) is 4.63. The van der Waals surface area contributed by atoms with Gasteiger partial charge in [0.1, 0.15) is 11.6 Å². The van der Waals surface area contributed by atoms with E-state index in [-0.39, 0.29) is 0 Å². The molecule has 0 aliphatic rings. The van der Waals surface area contributed by atoms with E-state index < -0.39 is 0 Å². The number of anilines is 1. The smallest absolute Gasteiger partial charge is 0.126 e. The third kappa shape index (κ3) is 2.85. The summed E-state index contributed by atoms with van der Waals surface area (Å²) >= 11 is 0. The number of nitrogens with zero attached hydrogens (tertiary/aromatic N) is 2. The number of benzene rings is 1. The van der Waals surface area contributed by atoms with Crippen LogP contribution < -0.4 is 5.32 Å². The van der Waals surface area contributed by atoms with Crippen LogP contribution in [0.15, 0.2) is 54.7 Å². The van der Waals surface area contributed by atoms with Gasteiger partial charge in [-0.3, -0.25) is 0 Å². The Labute approximate surface area is 117 Å². The van der Waals surface area contributed by atoms with E-state index in [0.717, 1.165) is 28.6 Å². The van der Waals surface area contributed by atoms with Crippen LogP contribution in [0.5, 0.6) is 0 Å². The highest BCUT2D eigenvalue weighted by Gasteiger charge is 2.03. The number of hydrogen-bond acceptors (Lipinski definition) is 3. The molecule has 0 fully saturated rings. The Kier molecular flexibility index (Phi) is 3.46. The molecule has 0 radical (unpaired) electrons. The Bertz CT molecular complexity index is 688. The Hall–Kier alpha value is -2.62. The van der Waals surface area contributed by atoms with Crippen molar-refractivity contribution in [1.82, 2.24) is 15.0 Å². The molecular weight excluding hydrogens is 248 g/mol. The van der Waals surface area contributed by atoms with Crippen LogP contribution in [-0.4, -0.2) is 15.0 Å². The maximum Gasteiger partial charge on any atom is 0.126 e. The number of H-pyrrole nitrogens is 1. The molecule has 0 aliphatic carbocycles. The van der Waals surface area contributed by atoms with Crippen molar-refractivity contribution in [2.75, 3.05) is 5.32 Å². The zero-order valence-electron chi connectivity index (χ0n) is 11.3. The van der Waals surface area contributed by atoms with Gasteiger partial charge in [-0.1, -0.05) is 36.4 Å². The molecule has 0 saturated carbocycles. The first-order chi connectivity index (χ1) is 9.81. The number of pyridine rings is 1. The molecule has 0 amide bonds. The lowest BCUT2D eigenvalue weighted by atomic mass is 10.2. The molecule has 0 atom stereocenters. The quantitative estimate of drug-likeness (QED) is 0.759. The van der Waals surface area contributed by atoms with Crippen LogP contribution in [0, 0.1) is 6.92 Å². The fourth-order valence-corrected chi connectivity index (χ4v) is 2.03. The van der Waals surface area contributed by atoms with Crippen molar-refractivity contribution in [2.45, 2.75) is 13.5 Å². The van der Waals surface area contributed by atoms with Gasteiger partial charge in [0.05, 0.1) is 18.4 Å². The summed E-state index contributed by atoms with van der Waals surface area (Å²) in [7, 11) is 0. The van der Waals surface area contributed by atoms with E-state index in [1.165, 1.54) is 0 Å². The highest BCUT2D eigenvalue weighted by atomic mass is 15.0. The molecule has 0 saturated heterocycles. The predicted octanol–water partition coefficient (Wildman–Crippen LogP) is 3.39. The SMILES string of the molecule is Cc1cccc(NCc2ncc(-c3ccccc3)[nH]2)n1. The van der Waals surface area contributed by atoms with Crippen LogP contribution in [0.1, 0.15) is 11.5 Å². The van der Waals surface area contributed by atoms with E-state index in [9.17, 15) is 0 Å². The third-order valence-electron chi connectivity index (χ3n) is 3.04. The molecule has 100 valence electrons. The van der Waals surface area contributed by atoms with Crippen molar-refractivity contribution < 1.29 is 0 Å². The Morgan fingerprint density at radius 3 is 2.70 bits per heavy atom. The number of rotatable bonds is 4. The van der Waals surface area contributed by atoms with Gasteiger partial charge in [0.15, 0.2) is 0 Å². The van der Waals surface area contributed by atoms with Gasteiger partial charge in [0.2, 0.25) is 0 Å². The number of nitrogens with one attached hydrogen (secondary N) is 2. The van der Waals surface area contributed by atoms with Gasteiger partial charge in [-0.15, -0.1) is 0 Å². The third-order valence-corrected chi connectivity index (χ3v) is 3.04. The van der Waals surface area contributed by atoms with Crippen molar-refractivity contribution in [1.29, 1.82) is 0 Å². The summed E-state index contributed by atoms with van der Waals surface area (Å²) in [5.41, 5.74) is 3.17. The topological polar surface area (TPSA) is 53.6 Å². The molecule has 2 heterocycles. The molecule has 0 spiro atoms. The van der Waals surface area contributed by atoms with Gasteiger partial charge in [0.25, 0.3) is 0 Å². The number of aromatic nitrogens is 3. The van der Waals surface area contributed by atoms with Crippen molar-refractivity contribution >= 4 is 5.82 Å². The lowest BCUT2D eigenvalue weighted by Crippen LogP contribution is -2.03. The molecule has 2 aromatic heterocycles. The number of aryl methyl sites for hydroxylation is 1. The van der Waals surface area contributed by atoms with E-state index in [1.54, 1.807) is 0 Å². The highest BCUT2D eigenvalue weighted by molar-refractivity contribution is 5.58. The fraction of sp³-hybridized carbons (Fsp3) is 0.125. The van der Waals surface area contributed by atoms with Crippen molar-refractivity contribution in [3.63, 3.8) is 0 Å². The van der Waals surface area contributed by atoms with E-state index in [0.29, 0.717) is 6.54 Å². The normalized spacial score (nSPS) is 10.4. The number of aromatic amines is 1. The first kappa shape index (κ1) is 12.4. The summed E-state index contributed by atoms with van der Waals surface area (Å²) in [5, 5.41) is 3.26. The predicted molar refractivity (Wildman–Crippen MR) is 80.3 cm³/mol. The van der Waals surface area contributed by atoms with Crippen LogP contribution in [0.25, 0.3) is 11.3 Å². The Morgan fingerprint density at radius 1 is 1.05 bits per heavy atom. The zero-order valence-corrected chi connectivity index (χ0v) is 11.3. The maximum atomic E-state index is 4.40. The molecule has 0 aliphatic heterocycles. The second kappa shape index (κ2) is 5.57. The molecule has 4 heteroatoms. The van der Waals surface area contributed by atoms with E-state index in [4.69, 9.17) is 0 Å².